The minimum Gasteiger partial charge on any atom is -0.0625 e. The average molecular weight is 315 g/mol. The molecule has 0 amide bonds. The normalized spacial score (nSPS) is 18.3. The van der Waals surface area contributed by atoms with E-state index in [9.17, 15) is 0 Å². The van der Waals surface area contributed by atoms with Crippen LogP contribution in [0, 0.1) is 11.8 Å². The van der Waals surface area contributed by atoms with Crippen LogP contribution in [0.15, 0.2) is 46.9 Å². The number of benzene rings is 2. The second-order valence-electron chi connectivity index (χ2n) is 5.90. The van der Waals surface area contributed by atoms with Crippen molar-refractivity contribution in [3.05, 3.63) is 58.1 Å². The molecule has 0 nitrogen and oxygen atoms in total. The van der Waals surface area contributed by atoms with Gasteiger partial charge in [-0.25, -0.2) is 0 Å². The molecule has 2 aromatic rings. The number of rotatable bonds is 2. The van der Waals surface area contributed by atoms with E-state index >= 15 is 0 Å². The number of halogens is 1. The Morgan fingerprint density at radius 3 is 2.32 bits per heavy atom. The van der Waals surface area contributed by atoms with Gasteiger partial charge in [0.1, 0.15) is 0 Å². The van der Waals surface area contributed by atoms with Gasteiger partial charge in [0.15, 0.2) is 0 Å². The lowest BCUT2D eigenvalue weighted by Crippen LogP contribution is -2.14. The van der Waals surface area contributed by atoms with Crippen LogP contribution < -0.4 is 0 Å². The Morgan fingerprint density at radius 1 is 0.895 bits per heavy atom. The summed E-state index contributed by atoms with van der Waals surface area (Å²) in [5.41, 5.74) is 5.81. The van der Waals surface area contributed by atoms with Crippen LogP contribution >= 0.6 is 15.9 Å². The highest BCUT2D eigenvalue weighted by atomic mass is 79.9. The van der Waals surface area contributed by atoms with Gasteiger partial charge in [0, 0.05) is 10.4 Å². The van der Waals surface area contributed by atoms with Crippen molar-refractivity contribution in [2.24, 2.45) is 11.8 Å². The lowest BCUT2D eigenvalue weighted by molar-refractivity contribution is 0.381. The molecule has 0 aromatic heterocycles. The minimum atomic E-state index is 0.531. The molecule has 1 aliphatic carbocycles. The molecule has 0 bridgehead atoms. The maximum atomic E-state index is 3.62. The van der Waals surface area contributed by atoms with Crippen LogP contribution in [-0.2, 0) is 0 Å². The summed E-state index contributed by atoms with van der Waals surface area (Å²) < 4.78 is 1.18. The van der Waals surface area contributed by atoms with Crippen molar-refractivity contribution < 1.29 is 0 Å². The number of hydrogen-bond acceptors (Lipinski definition) is 0. The second-order valence-corrected chi connectivity index (χ2v) is 6.82. The zero-order chi connectivity index (χ0) is 13.6. The molecule has 0 spiro atoms. The average Bonchev–Trinajstić information content (AvgIpc) is 2.71. The van der Waals surface area contributed by atoms with Crippen molar-refractivity contribution in [2.75, 3.05) is 0 Å². The molecular weight excluding hydrogens is 296 g/mol. The fraction of sp³-hybridized carbons (Fsp3) is 0.333. The van der Waals surface area contributed by atoms with Gasteiger partial charge in [0.05, 0.1) is 0 Å². The highest BCUT2D eigenvalue weighted by Gasteiger charge is 2.33. The third kappa shape index (κ3) is 2.04. The molecule has 19 heavy (non-hydrogen) atoms. The molecule has 98 valence electrons. The molecule has 0 aliphatic heterocycles. The smallest absolute Gasteiger partial charge is 0.0178 e. The zero-order valence-corrected chi connectivity index (χ0v) is 13.2. The van der Waals surface area contributed by atoms with Crippen LogP contribution in [0.3, 0.4) is 0 Å². The Hall–Kier alpha value is -1.08. The summed E-state index contributed by atoms with van der Waals surface area (Å²) in [4.78, 5) is 0. The summed E-state index contributed by atoms with van der Waals surface area (Å²) in [7, 11) is 0. The molecular formula is C18H19Br. The summed E-state index contributed by atoms with van der Waals surface area (Å²) >= 11 is 3.62. The minimum absolute atomic E-state index is 0.531. The SMILES string of the molecule is CC(C)C(C)C1c2ccccc2-c2ccc(Br)cc21. The molecule has 0 fully saturated rings. The third-order valence-corrected chi connectivity index (χ3v) is 5.01. The van der Waals surface area contributed by atoms with E-state index in [1.54, 1.807) is 0 Å². The first-order chi connectivity index (χ1) is 9.09. The Balaban J connectivity index is 2.22. The van der Waals surface area contributed by atoms with Gasteiger partial charge < -0.3 is 0 Å². The van der Waals surface area contributed by atoms with Gasteiger partial charge in [0.2, 0.25) is 0 Å². The predicted octanol–water partition coefficient (Wildman–Crippen LogP) is 5.85. The molecule has 0 saturated heterocycles. The topological polar surface area (TPSA) is 0 Å². The van der Waals surface area contributed by atoms with Crippen molar-refractivity contribution in [2.45, 2.75) is 26.7 Å². The van der Waals surface area contributed by atoms with E-state index < -0.39 is 0 Å². The van der Waals surface area contributed by atoms with E-state index in [1.807, 2.05) is 0 Å². The molecule has 0 N–H and O–H groups in total. The van der Waals surface area contributed by atoms with Crippen LogP contribution in [0.25, 0.3) is 11.1 Å². The molecule has 1 heteroatoms. The maximum absolute atomic E-state index is 3.62. The Kier molecular flexibility index (Phi) is 3.26. The third-order valence-electron chi connectivity index (χ3n) is 4.51. The van der Waals surface area contributed by atoms with E-state index in [0.29, 0.717) is 17.8 Å². The van der Waals surface area contributed by atoms with Crippen molar-refractivity contribution in [1.82, 2.24) is 0 Å². The van der Waals surface area contributed by atoms with E-state index in [-0.39, 0.29) is 0 Å². The van der Waals surface area contributed by atoms with Crippen LogP contribution in [0.2, 0.25) is 0 Å². The molecule has 0 heterocycles. The fourth-order valence-corrected chi connectivity index (χ4v) is 3.55. The largest absolute Gasteiger partial charge is 0.0625 e. The van der Waals surface area contributed by atoms with Crippen LogP contribution in [0.1, 0.15) is 37.8 Å². The Morgan fingerprint density at radius 2 is 1.58 bits per heavy atom. The fourth-order valence-electron chi connectivity index (χ4n) is 3.17. The second kappa shape index (κ2) is 4.79. The number of fused-ring (bicyclic) bond motifs is 3. The molecule has 1 aliphatic rings. The number of hydrogen-bond donors (Lipinski definition) is 0. The van der Waals surface area contributed by atoms with Gasteiger partial charge in [-0.15, -0.1) is 0 Å². The van der Waals surface area contributed by atoms with E-state index in [1.165, 1.54) is 26.7 Å². The first kappa shape index (κ1) is 12.9. The molecule has 2 aromatic carbocycles. The highest BCUT2D eigenvalue weighted by molar-refractivity contribution is 9.10. The van der Waals surface area contributed by atoms with Gasteiger partial charge in [-0.3, -0.25) is 0 Å². The summed E-state index contributed by atoms with van der Waals surface area (Å²) in [6.07, 6.45) is 0. The van der Waals surface area contributed by atoms with E-state index in [4.69, 9.17) is 0 Å². The zero-order valence-electron chi connectivity index (χ0n) is 11.7. The summed E-state index contributed by atoms with van der Waals surface area (Å²) in [5, 5.41) is 0. The molecule has 2 unspecified atom stereocenters. The molecule has 0 radical (unpaired) electrons. The van der Waals surface area contributed by atoms with E-state index in [2.05, 4.69) is 79.2 Å². The maximum Gasteiger partial charge on any atom is 0.0178 e. The molecule has 0 saturated carbocycles. The van der Waals surface area contributed by atoms with Gasteiger partial charge in [-0.1, -0.05) is 67.0 Å². The highest BCUT2D eigenvalue weighted by Crippen LogP contribution is 2.50. The lowest BCUT2D eigenvalue weighted by Gasteiger charge is -2.25. The monoisotopic (exact) mass is 314 g/mol. The van der Waals surface area contributed by atoms with Crippen LogP contribution in [-0.4, -0.2) is 0 Å². The molecule has 2 atom stereocenters. The first-order valence-electron chi connectivity index (χ1n) is 6.98. The summed E-state index contributed by atoms with van der Waals surface area (Å²) in [5.74, 6) is 1.86. The Labute approximate surface area is 124 Å². The summed E-state index contributed by atoms with van der Waals surface area (Å²) in [6, 6.07) is 15.6. The quantitative estimate of drug-likeness (QED) is 0.652. The lowest BCUT2D eigenvalue weighted by atomic mass is 9.79. The van der Waals surface area contributed by atoms with Gasteiger partial charge >= 0.3 is 0 Å². The van der Waals surface area contributed by atoms with Gasteiger partial charge in [0.25, 0.3) is 0 Å². The van der Waals surface area contributed by atoms with E-state index in [0.717, 1.165) is 0 Å². The van der Waals surface area contributed by atoms with Crippen molar-refractivity contribution >= 4 is 15.9 Å². The van der Waals surface area contributed by atoms with Crippen LogP contribution in [0.5, 0.6) is 0 Å². The first-order valence-corrected chi connectivity index (χ1v) is 7.77. The Bertz CT molecular complexity index is 613. The van der Waals surface area contributed by atoms with Gasteiger partial charge in [-0.2, -0.15) is 0 Å². The predicted molar refractivity (Wildman–Crippen MR) is 85.4 cm³/mol. The van der Waals surface area contributed by atoms with Crippen molar-refractivity contribution in [3.8, 4) is 11.1 Å². The van der Waals surface area contributed by atoms with Gasteiger partial charge in [-0.05, 0) is 46.2 Å². The summed E-state index contributed by atoms with van der Waals surface area (Å²) in [6.45, 7) is 7.02. The van der Waals surface area contributed by atoms with Crippen molar-refractivity contribution in [3.63, 3.8) is 0 Å². The standard InChI is InChI=1S/C18H19Br/c1-11(2)12(3)18-16-7-5-4-6-14(16)15-9-8-13(19)10-17(15)18/h4-12,18H,1-3H3. The van der Waals surface area contributed by atoms with Crippen molar-refractivity contribution in [1.29, 1.82) is 0 Å². The van der Waals surface area contributed by atoms with Crippen LogP contribution in [0.4, 0.5) is 0 Å². The molecule has 3 rings (SSSR count).